The van der Waals surface area contributed by atoms with Crippen molar-refractivity contribution in [1.29, 1.82) is 0 Å². The summed E-state index contributed by atoms with van der Waals surface area (Å²) in [6, 6.07) is 0. The average molecular weight is 340 g/mol. The normalized spacial score (nSPS) is 38.0. The smallest absolute Gasteiger partial charge is 0.260 e. The third-order valence-corrected chi connectivity index (χ3v) is 7.81. The number of hydrogen-bond acceptors (Lipinski definition) is 4. The maximum absolute atomic E-state index is 12.1. The van der Waals surface area contributed by atoms with Crippen LogP contribution >= 0.6 is 0 Å². The largest absolute Gasteiger partial charge is 0.478 e. The summed E-state index contributed by atoms with van der Waals surface area (Å²) >= 11 is 0. The van der Waals surface area contributed by atoms with Gasteiger partial charge >= 0.3 is 5.91 Å². The van der Waals surface area contributed by atoms with Crippen molar-refractivity contribution in [2.24, 2.45) is 23.2 Å². The third kappa shape index (κ3) is 2.07. The summed E-state index contributed by atoms with van der Waals surface area (Å²) in [5.74, 6) is 2.01. The zero-order valence-corrected chi connectivity index (χ0v) is 14.7. The van der Waals surface area contributed by atoms with Gasteiger partial charge in [0.05, 0.1) is 0 Å². The Kier molecular flexibility index (Phi) is 3.17. The second-order valence-corrected chi connectivity index (χ2v) is 8.83. The maximum atomic E-state index is 12.1. The van der Waals surface area contributed by atoms with Gasteiger partial charge in [-0.3, -0.25) is 15.1 Å². The van der Waals surface area contributed by atoms with E-state index in [1.165, 1.54) is 43.9 Å². The Bertz CT molecular complexity index is 789. The van der Waals surface area contributed by atoms with E-state index in [1.807, 2.05) is 6.92 Å². The van der Waals surface area contributed by atoms with Crippen LogP contribution in [0.4, 0.5) is 0 Å². The van der Waals surface area contributed by atoms with Crippen LogP contribution in [-0.4, -0.2) is 15.8 Å². The molecule has 1 aromatic rings. The SMILES string of the molecule is Cc1ncc(C(=O)[N+](=O)[O-])c2c1C(C1CC[C@@H]3C[C@@H]4CC14C3)CCC2. The molecule has 4 aliphatic rings. The molecule has 0 aliphatic heterocycles. The highest BCUT2D eigenvalue weighted by Crippen LogP contribution is 2.75. The quantitative estimate of drug-likeness (QED) is 0.601. The van der Waals surface area contributed by atoms with Gasteiger partial charge in [0.25, 0.3) is 0 Å². The molecule has 3 saturated carbocycles. The first kappa shape index (κ1) is 15.5. The van der Waals surface area contributed by atoms with Crippen LogP contribution in [0.5, 0.6) is 0 Å². The number of fused-ring (bicyclic) bond motifs is 2. The molecule has 132 valence electrons. The zero-order valence-electron chi connectivity index (χ0n) is 14.7. The van der Waals surface area contributed by atoms with E-state index in [4.69, 9.17) is 0 Å². The van der Waals surface area contributed by atoms with Crippen LogP contribution in [0.15, 0.2) is 6.20 Å². The van der Waals surface area contributed by atoms with E-state index in [2.05, 4.69) is 4.98 Å². The van der Waals surface area contributed by atoms with Gasteiger partial charge in [0, 0.05) is 11.9 Å². The minimum Gasteiger partial charge on any atom is -0.260 e. The molecule has 5 nitrogen and oxygen atoms in total. The topological polar surface area (TPSA) is 73.1 Å². The Labute approximate surface area is 147 Å². The lowest BCUT2D eigenvalue weighted by molar-refractivity contribution is -0.375. The molecule has 5 atom stereocenters. The third-order valence-electron chi connectivity index (χ3n) is 7.81. The molecular formula is C20H24N2O3. The summed E-state index contributed by atoms with van der Waals surface area (Å²) < 4.78 is 0. The fourth-order valence-corrected chi connectivity index (χ4v) is 6.88. The Morgan fingerprint density at radius 1 is 1.32 bits per heavy atom. The van der Waals surface area contributed by atoms with Crippen molar-refractivity contribution < 1.29 is 9.72 Å². The van der Waals surface area contributed by atoms with Crippen LogP contribution in [0.1, 0.15) is 78.0 Å². The van der Waals surface area contributed by atoms with E-state index >= 15 is 0 Å². The lowest BCUT2D eigenvalue weighted by Gasteiger charge is -2.41. The summed E-state index contributed by atoms with van der Waals surface area (Å²) in [4.78, 5) is 26.7. The number of amides is 1. The van der Waals surface area contributed by atoms with Gasteiger partial charge in [-0.25, -0.2) is 4.79 Å². The van der Waals surface area contributed by atoms with Crippen molar-refractivity contribution in [3.05, 3.63) is 38.7 Å². The minimum absolute atomic E-state index is 0.236. The minimum atomic E-state index is -0.989. The Hall–Kier alpha value is -1.78. The molecule has 1 amide bonds. The van der Waals surface area contributed by atoms with E-state index in [1.54, 1.807) is 0 Å². The number of nitro groups is 1. The van der Waals surface area contributed by atoms with E-state index in [0.29, 0.717) is 17.3 Å². The highest BCUT2D eigenvalue weighted by atomic mass is 16.6. The first-order chi connectivity index (χ1) is 12.0. The van der Waals surface area contributed by atoms with Crippen molar-refractivity contribution >= 4 is 5.91 Å². The first-order valence-electron chi connectivity index (χ1n) is 9.68. The molecule has 0 N–H and O–H groups in total. The number of pyridine rings is 1. The molecule has 3 unspecified atom stereocenters. The van der Waals surface area contributed by atoms with Crippen LogP contribution in [0.2, 0.25) is 0 Å². The number of nitrogens with zero attached hydrogens (tertiary/aromatic N) is 2. The first-order valence-corrected chi connectivity index (χ1v) is 9.68. The standard InChI is InChI=1S/C20H24N2O3/c1-11-18-14(16(10-21-11)19(23)22(24)25)3-2-4-15(18)17-6-5-12-7-13-9-20(13,17)8-12/h10,12-13,15,17H,2-9H2,1H3/t12-,13-,15?,17?,20?/m1/s1. The van der Waals surface area contributed by atoms with Gasteiger partial charge in [-0.1, -0.05) is 6.42 Å². The fourth-order valence-electron chi connectivity index (χ4n) is 6.88. The summed E-state index contributed by atoms with van der Waals surface area (Å²) in [6.45, 7) is 2.01. The molecule has 1 spiro atoms. The Balaban J connectivity index is 1.59. The fraction of sp³-hybridized carbons (Fsp3) is 0.700. The molecule has 1 aromatic heterocycles. The van der Waals surface area contributed by atoms with Crippen LogP contribution in [0.25, 0.3) is 0 Å². The predicted octanol–water partition coefficient (Wildman–Crippen LogP) is 4.05. The predicted molar refractivity (Wildman–Crippen MR) is 92.0 cm³/mol. The monoisotopic (exact) mass is 340 g/mol. The molecule has 0 radical (unpaired) electrons. The van der Waals surface area contributed by atoms with Gasteiger partial charge in [-0.15, -0.1) is 0 Å². The van der Waals surface area contributed by atoms with E-state index in [0.717, 1.165) is 42.4 Å². The number of aryl methyl sites for hydroxylation is 1. The molecule has 4 aliphatic carbocycles. The number of aromatic nitrogens is 1. The van der Waals surface area contributed by atoms with Crippen molar-refractivity contribution in [3.8, 4) is 0 Å². The molecular weight excluding hydrogens is 316 g/mol. The lowest BCUT2D eigenvalue weighted by Crippen LogP contribution is -2.32. The van der Waals surface area contributed by atoms with E-state index in [9.17, 15) is 14.9 Å². The zero-order chi connectivity index (χ0) is 17.3. The molecule has 5 heteroatoms. The second kappa shape index (κ2) is 5.12. The molecule has 0 aromatic carbocycles. The summed E-state index contributed by atoms with van der Waals surface area (Å²) in [7, 11) is 0. The van der Waals surface area contributed by atoms with E-state index < -0.39 is 10.8 Å². The van der Waals surface area contributed by atoms with Crippen molar-refractivity contribution in [3.63, 3.8) is 0 Å². The summed E-state index contributed by atoms with van der Waals surface area (Å²) in [6.07, 6.45) is 11.2. The Morgan fingerprint density at radius 3 is 2.96 bits per heavy atom. The van der Waals surface area contributed by atoms with Crippen LogP contribution < -0.4 is 0 Å². The highest BCUT2D eigenvalue weighted by Gasteiger charge is 2.66. The number of hydrogen-bond donors (Lipinski definition) is 0. The summed E-state index contributed by atoms with van der Waals surface area (Å²) in [5, 5.41) is 11.0. The lowest BCUT2D eigenvalue weighted by atomic mass is 9.63. The summed E-state index contributed by atoms with van der Waals surface area (Å²) in [5.41, 5.74) is 3.89. The number of carbonyl (C=O) groups is 1. The number of carbonyl (C=O) groups excluding carboxylic acids is 1. The molecule has 1 heterocycles. The highest BCUT2D eigenvalue weighted by molar-refractivity contribution is 5.89. The van der Waals surface area contributed by atoms with Crippen molar-refractivity contribution in [2.75, 3.05) is 0 Å². The van der Waals surface area contributed by atoms with Gasteiger partial charge in [0.15, 0.2) is 0 Å². The van der Waals surface area contributed by atoms with Gasteiger partial charge in [0.1, 0.15) is 10.5 Å². The van der Waals surface area contributed by atoms with Crippen LogP contribution in [-0.2, 0) is 6.42 Å². The van der Waals surface area contributed by atoms with Crippen LogP contribution in [0.3, 0.4) is 0 Å². The van der Waals surface area contributed by atoms with Crippen LogP contribution in [0, 0.1) is 40.2 Å². The van der Waals surface area contributed by atoms with E-state index in [-0.39, 0.29) is 5.56 Å². The second-order valence-electron chi connectivity index (χ2n) is 8.83. The molecule has 5 rings (SSSR count). The average Bonchev–Trinajstić information content (AvgIpc) is 3.18. The number of rotatable bonds is 2. The van der Waals surface area contributed by atoms with Crippen molar-refractivity contribution in [2.45, 2.75) is 64.2 Å². The van der Waals surface area contributed by atoms with Gasteiger partial charge in [-0.2, -0.15) is 0 Å². The van der Waals surface area contributed by atoms with Gasteiger partial charge in [0.2, 0.25) is 0 Å². The molecule has 25 heavy (non-hydrogen) atoms. The molecule has 3 fully saturated rings. The maximum Gasteiger partial charge on any atom is 0.478 e. The molecule has 0 saturated heterocycles. The Morgan fingerprint density at radius 2 is 2.16 bits per heavy atom. The van der Waals surface area contributed by atoms with Crippen molar-refractivity contribution in [1.82, 2.24) is 4.98 Å². The molecule has 2 bridgehead atoms. The van der Waals surface area contributed by atoms with Gasteiger partial charge < -0.3 is 0 Å². The van der Waals surface area contributed by atoms with Gasteiger partial charge in [-0.05, 0) is 92.1 Å².